The summed E-state index contributed by atoms with van der Waals surface area (Å²) < 4.78 is 26.6. The van der Waals surface area contributed by atoms with Gasteiger partial charge in [-0.3, -0.25) is 9.36 Å². The molecular formula is C36H30Br2N2O6S. The number of benzene rings is 4. The fourth-order valence-corrected chi connectivity index (χ4v) is 7.87. The number of aromatic nitrogens is 1. The zero-order chi connectivity index (χ0) is 33.1. The van der Waals surface area contributed by atoms with Crippen molar-refractivity contribution >= 4 is 66.0 Å². The molecule has 0 bridgehead atoms. The Hall–Kier alpha value is -4.19. The number of rotatable bonds is 10. The van der Waals surface area contributed by atoms with Crippen LogP contribution >= 0.6 is 43.2 Å². The number of nitrogens with zero attached hydrogens (tertiary/aromatic N) is 2. The average Bonchev–Trinajstić information content (AvgIpc) is 3.39. The van der Waals surface area contributed by atoms with Crippen molar-refractivity contribution < 1.29 is 23.7 Å². The van der Waals surface area contributed by atoms with Gasteiger partial charge in [0.2, 0.25) is 0 Å². The second-order valence-corrected chi connectivity index (χ2v) is 13.3. The number of hydrogen-bond donors (Lipinski definition) is 0. The van der Waals surface area contributed by atoms with E-state index in [1.807, 2.05) is 56.3 Å². The molecule has 47 heavy (non-hydrogen) atoms. The number of methoxy groups -OCH3 is 1. The minimum absolute atomic E-state index is 0.224. The van der Waals surface area contributed by atoms with Gasteiger partial charge in [0, 0.05) is 16.2 Å². The van der Waals surface area contributed by atoms with E-state index in [-0.39, 0.29) is 11.1 Å². The van der Waals surface area contributed by atoms with Crippen LogP contribution in [0, 0.1) is 0 Å². The van der Waals surface area contributed by atoms with E-state index in [0.29, 0.717) is 57.5 Å². The zero-order valence-corrected chi connectivity index (χ0v) is 29.8. The molecule has 0 saturated heterocycles. The Morgan fingerprint density at radius 1 is 0.957 bits per heavy atom. The predicted octanol–water partition coefficient (Wildman–Crippen LogP) is 7.07. The molecule has 0 fully saturated rings. The summed E-state index contributed by atoms with van der Waals surface area (Å²) in [5.74, 6) is 1.10. The third kappa shape index (κ3) is 6.65. The largest absolute Gasteiger partial charge is 0.490 e. The summed E-state index contributed by atoms with van der Waals surface area (Å²) in [5.41, 5.74) is 2.31. The molecule has 0 N–H and O–H groups in total. The van der Waals surface area contributed by atoms with Crippen molar-refractivity contribution in [3.05, 3.63) is 130 Å². The van der Waals surface area contributed by atoms with Crippen LogP contribution in [0.15, 0.2) is 103 Å². The van der Waals surface area contributed by atoms with Crippen molar-refractivity contribution in [3.8, 4) is 17.2 Å². The topological polar surface area (TPSA) is 88.4 Å². The first-order chi connectivity index (χ1) is 22.8. The molecule has 0 saturated carbocycles. The third-order valence-electron chi connectivity index (χ3n) is 7.58. The summed E-state index contributed by atoms with van der Waals surface area (Å²) in [6.45, 7) is 4.97. The molecule has 1 aliphatic heterocycles. The second kappa shape index (κ2) is 14.3. The first-order valence-electron chi connectivity index (χ1n) is 14.9. The van der Waals surface area contributed by atoms with Gasteiger partial charge in [0.15, 0.2) is 16.3 Å². The Kier molecular flexibility index (Phi) is 9.95. The van der Waals surface area contributed by atoms with Crippen molar-refractivity contribution in [1.29, 1.82) is 0 Å². The van der Waals surface area contributed by atoms with Crippen LogP contribution in [0.25, 0.3) is 16.8 Å². The second-order valence-electron chi connectivity index (χ2n) is 10.5. The van der Waals surface area contributed by atoms with E-state index in [2.05, 4.69) is 55.1 Å². The standard InChI is InChI=1S/C36H30Br2N2O6S/c1-4-44-29-14-13-22(16-30(29)45-5-2)32-27(35(42)43-3)19-39-36-40(32)34(41)31(47-36)17-24-15-25(37)18-28(38)33(24)46-20-23-11-8-10-21-9-6-7-12-26(21)23/h6-19,32H,4-5,20H2,1-3H3/b31-17+/t32-/m1/s1. The molecule has 0 spiro atoms. The molecule has 5 aromatic rings. The molecule has 2 heterocycles. The van der Waals surface area contributed by atoms with E-state index in [0.717, 1.165) is 25.3 Å². The molecule has 0 aliphatic carbocycles. The van der Waals surface area contributed by atoms with Crippen LogP contribution in [0.1, 0.15) is 36.6 Å². The highest BCUT2D eigenvalue weighted by Crippen LogP contribution is 2.36. The van der Waals surface area contributed by atoms with Crippen molar-refractivity contribution in [2.24, 2.45) is 4.99 Å². The van der Waals surface area contributed by atoms with Crippen molar-refractivity contribution in [1.82, 2.24) is 4.57 Å². The first-order valence-corrected chi connectivity index (χ1v) is 17.3. The lowest BCUT2D eigenvalue weighted by Gasteiger charge is -2.23. The normalized spacial score (nSPS) is 14.3. The van der Waals surface area contributed by atoms with Crippen LogP contribution < -0.4 is 29.1 Å². The maximum absolute atomic E-state index is 14.2. The molecule has 240 valence electrons. The van der Waals surface area contributed by atoms with Gasteiger partial charge in [0.05, 0.1) is 40.9 Å². The zero-order valence-electron chi connectivity index (χ0n) is 25.8. The van der Waals surface area contributed by atoms with Crippen LogP contribution in [-0.2, 0) is 16.1 Å². The summed E-state index contributed by atoms with van der Waals surface area (Å²) in [6, 6.07) is 22.7. The summed E-state index contributed by atoms with van der Waals surface area (Å²) in [7, 11) is 1.31. The van der Waals surface area contributed by atoms with Gasteiger partial charge < -0.3 is 18.9 Å². The third-order valence-corrected chi connectivity index (χ3v) is 9.63. The number of carbonyl (C=O) groups is 1. The smallest absolute Gasteiger partial charge is 0.337 e. The van der Waals surface area contributed by atoms with Crippen LogP contribution in [0.4, 0.5) is 0 Å². The van der Waals surface area contributed by atoms with E-state index in [1.165, 1.54) is 29.2 Å². The number of halogens is 2. The van der Waals surface area contributed by atoms with Gasteiger partial charge in [-0.05, 0) is 82.0 Å². The fourth-order valence-electron chi connectivity index (χ4n) is 5.54. The molecule has 11 heteroatoms. The molecule has 1 aliphatic rings. The Morgan fingerprint density at radius 2 is 1.72 bits per heavy atom. The maximum atomic E-state index is 14.2. The molecular weight excluding hydrogens is 748 g/mol. The fraction of sp³-hybridized carbons (Fsp3) is 0.194. The van der Waals surface area contributed by atoms with Gasteiger partial charge in [-0.15, -0.1) is 0 Å². The number of thiazole rings is 1. The predicted molar refractivity (Wildman–Crippen MR) is 190 cm³/mol. The van der Waals surface area contributed by atoms with Crippen molar-refractivity contribution in [3.63, 3.8) is 0 Å². The molecule has 0 amide bonds. The summed E-state index contributed by atoms with van der Waals surface area (Å²) in [4.78, 5) is 32.2. The molecule has 4 aromatic carbocycles. The monoisotopic (exact) mass is 776 g/mol. The van der Waals surface area contributed by atoms with Crippen molar-refractivity contribution in [2.75, 3.05) is 20.3 Å². The Balaban J connectivity index is 1.45. The first kappa shape index (κ1) is 32.7. The number of ether oxygens (including phenoxy) is 4. The van der Waals surface area contributed by atoms with Gasteiger partial charge >= 0.3 is 5.97 Å². The van der Waals surface area contributed by atoms with Gasteiger partial charge in [0.25, 0.3) is 5.56 Å². The Morgan fingerprint density at radius 3 is 2.51 bits per heavy atom. The molecule has 0 radical (unpaired) electrons. The number of carbonyl (C=O) groups excluding carboxylic acids is 1. The lowest BCUT2D eigenvalue weighted by atomic mass is 9.97. The van der Waals surface area contributed by atoms with E-state index in [9.17, 15) is 9.59 Å². The highest BCUT2D eigenvalue weighted by atomic mass is 79.9. The van der Waals surface area contributed by atoms with Crippen LogP contribution in [-0.4, -0.2) is 30.9 Å². The van der Waals surface area contributed by atoms with Crippen LogP contribution in [0.5, 0.6) is 17.2 Å². The molecule has 1 atom stereocenters. The lowest BCUT2D eigenvalue weighted by Crippen LogP contribution is -2.39. The summed E-state index contributed by atoms with van der Waals surface area (Å²) in [6.07, 6.45) is 3.26. The lowest BCUT2D eigenvalue weighted by molar-refractivity contribution is -0.136. The minimum atomic E-state index is -0.799. The van der Waals surface area contributed by atoms with Gasteiger partial charge in [0.1, 0.15) is 12.4 Å². The molecule has 0 unspecified atom stereocenters. The molecule has 6 rings (SSSR count). The number of hydrogen-bond acceptors (Lipinski definition) is 8. The van der Waals surface area contributed by atoms with Crippen molar-refractivity contribution in [2.45, 2.75) is 26.5 Å². The van der Waals surface area contributed by atoms with Gasteiger partial charge in [-0.2, -0.15) is 0 Å². The molecule has 8 nitrogen and oxygen atoms in total. The number of esters is 1. The SMILES string of the molecule is CCOc1ccc([C@@H]2C(C(=O)OC)=CN=c3s/c(=C/c4cc(Br)cc(Br)c4OCc4cccc5ccccc45)c(=O)n32)cc1OCC. The minimum Gasteiger partial charge on any atom is -0.490 e. The van der Waals surface area contributed by atoms with Crippen LogP contribution in [0.2, 0.25) is 0 Å². The summed E-state index contributed by atoms with van der Waals surface area (Å²) in [5, 5.41) is 2.24. The molecule has 1 aromatic heterocycles. The van der Waals surface area contributed by atoms with Gasteiger partial charge in [-0.25, -0.2) is 9.79 Å². The Labute approximate surface area is 291 Å². The van der Waals surface area contributed by atoms with Crippen LogP contribution in [0.3, 0.4) is 0 Å². The van der Waals surface area contributed by atoms with E-state index >= 15 is 0 Å². The quantitative estimate of drug-likeness (QED) is 0.141. The van der Waals surface area contributed by atoms with E-state index in [4.69, 9.17) is 18.9 Å². The van der Waals surface area contributed by atoms with E-state index in [1.54, 1.807) is 18.2 Å². The highest BCUT2D eigenvalue weighted by molar-refractivity contribution is 9.11. The number of fused-ring (bicyclic) bond motifs is 2. The van der Waals surface area contributed by atoms with Gasteiger partial charge in [-0.1, -0.05) is 75.8 Å². The summed E-state index contributed by atoms with van der Waals surface area (Å²) >= 11 is 8.48. The highest BCUT2D eigenvalue weighted by Gasteiger charge is 2.31. The average molecular weight is 779 g/mol. The van der Waals surface area contributed by atoms with E-state index < -0.39 is 12.0 Å². The Bertz CT molecular complexity index is 2200. The maximum Gasteiger partial charge on any atom is 0.337 e.